The van der Waals surface area contributed by atoms with Crippen molar-refractivity contribution in [1.29, 1.82) is 0 Å². The number of benzene rings is 9. The molecule has 0 saturated carbocycles. The molecule has 5 nitrogen and oxygen atoms in total. The molecule has 0 spiro atoms. The van der Waals surface area contributed by atoms with Gasteiger partial charge in [0.2, 0.25) is 0 Å². The highest BCUT2D eigenvalue weighted by Gasteiger charge is 2.29. The molecule has 13 rings (SSSR count). The fourth-order valence-corrected chi connectivity index (χ4v) is 11.5. The largest absolute Gasteiger partial charge is 0.458 e. The number of hydrogen-bond donors (Lipinski definition) is 0. The zero-order chi connectivity index (χ0) is 63.3. The second-order valence-electron chi connectivity index (χ2n) is 25.8. The Balaban J connectivity index is 1.13. The van der Waals surface area contributed by atoms with Crippen molar-refractivity contribution in [3.05, 3.63) is 235 Å². The maximum Gasteiger partial charge on any atom is 0.269 e. The number of rotatable bonds is 6. The molecule has 81 heavy (non-hydrogen) atoms. The summed E-state index contributed by atoms with van der Waals surface area (Å²) in [5.74, 6) is 1.94. The molecule has 0 unspecified atom stereocenters. The van der Waals surface area contributed by atoms with Gasteiger partial charge in [-0.3, -0.25) is 13.7 Å². The van der Waals surface area contributed by atoms with Crippen LogP contribution in [0, 0.1) is 6.33 Å². The number of pyridine rings is 1. The topological polar surface area (TPSA) is 35.9 Å². The zero-order valence-corrected chi connectivity index (χ0v) is 48.2. The van der Waals surface area contributed by atoms with Gasteiger partial charge >= 0.3 is 0 Å². The van der Waals surface area contributed by atoms with Gasteiger partial charge in [0, 0.05) is 23.0 Å². The van der Waals surface area contributed by atoms with Crippen LogP contribution in [0.2, 0.25) is 0 Å². The van der Waals surface area contributed by atoms with Crippen LogP contribution in [-0.4, -0.2) is 14.1 Å². The lowest BCUT2D eigenvalue weighted by molar-refractivity contribution is -0.570. The van der Waals surface area contributed by atoms with E-state index in [2.05, 4.69) is 185 Å². The van der Waals surface area contributed by atoms with E-state index in [0.29, 0.717) is 45.0 Å². The van der Waals surface area contributed by atoms with Gasteiger partial charge in [-0.05, 0) is 154 Å². The van der Waals surface area contributed by atoms with E-state index < -0.39 is 36.3 Å². The third-order valence-electron chi connectivity index (χ3n) is 16.0. The Hall–Kier alpha value is -8.80. The standard InChI is InChI=1S/C76H70N4O/c1-73(2,3)51-33-31-48(32-34-51)49-41-66-62-26-16-14-24-60(62)59-23-13-15-25-61(59)65-29-20-28-58(50-39-53(75(7,8)9)43-54(40-50)76(10,11)12)71(65)79-47-78(69(42-49)72(66)79)55-21-19-22-56(45-55)81-57-35-36-64-63-27-17-18-30-67(63)80(68(64)46-57)70-44-52(37-38-77-70)74(4,5)6/h13-46H,1-12H3/i13D,14D,15D,16D,23D,24D,25D,26D. The summed E-state index contributed by atoms with van der Waals surface area (Å²) in [6.07, 6.45) is 5.72. The minimum Gasteiger partial charge on any atom is -0.458 e. The summed E-state index contributed by atoms with van der Waals surface area (Å²) in [5.41, 5.74) is 12.1. The quantitative estimate of drug-likeness (QED) is 0.123. The van der Waals surface area contributed by atoms with Crippen LogP contribution in [0.1, 0.15) is 116 Å². The van der Waals surface area contributed by atoms with E-state index >= 15 is 0 Å². The van der Waals surface area contributed by atoms with Crippen LogP contribution >= 0.6 is 0 Å². The molecule has 400 valence electrons. The first kappa shape index (κ1) is 43.1. The van der Waals surface area contributed by atoms with Crippen molar-refractivity contribution in [1.82, 2.24) is 14.1 Å². The lowest BCUT2D eigenvalue weighted by atomic mass is 9.78. The number of hydrogen-bond acceptors (Lipinski definition) is 2. The molecule has 0 fully saturated rings. The molecule has 3 aromatic heterocycles. The molecule has 0 atom stereocenters. The van der Waals surface area contributed by atoms with Crippen LogP contribution in [0.5, 0.6) is 11.5 Å². The summed E-state index contributed by atoms with van der Waals surface area (Å²) in [5, 5.41) is 2.15. The van der Waals surface area contributed by atoms with Crippen molar-refractivity contribution in [2.75, 3.05) is 0 Å². The third kappa shape index (κ3) is 9.13. The fraction of sp³-hybridized carbons (Fsp3) is 0.211. The van der Waals surface area contributed by atoms with Crippen LogP contribution < -0.4 is 9.30 Å². The van der Waals surface area contributed by atoms with E-state index in [-0.39, 0.29) is 56.0 Å². The molecule has 0 N–H and O–H groups in total. The number of para-hydroxylation sites is 2. The predicted molar refractivity (Wildman–Crippen MR) is 338 cm³/mol. The average Bonchev–Trinajstić information content (AvgIpc) is 1.65. The number of fused-ring (bicyclic) bond motifs is 10. The van der Waals surface area contributed by atoms with Gasteiger partial charge in [0.05, 0.1) is 44.4 Å². The fourth-order valence-electron chi connectivity index (χ4n) is 11.5. The van der Waals surface area contributed by atoms with Gasteiger partial charge in [0.15, 0.2) is 0 Å². The van der Waals surface area contributed by atoms with E-state index in [4.69, 9.17) is 9.72 Å². The van der Waals surface area contributed by atoms with Crippen molar-refractivity contribution in [2.24, 2.45) is 0 Å². The van der Waals surface area contributed by atoms with E-state index in [9.17, 15) is 11.0 Å². The van der Waals surface area contributed by atoms with Crippen molar-refractivity contribution >= 4 is 32.8 Å². The summed E-state index contributed by atoms with van der Waals surface area (Å²) < 4.78 is 90.0. The zero-order valence-electron chi connectivity index (χ0n) is 56.2. The van der Waals surface area contributed by atoms with E-state index in [0.717, 1.165) is 66.6 Å². The van der Waals surface area contributed by atoms with Gasteiger partial charge in [-0.2, -0.15) is 0 Å². The smallest absolute Gasteiger partial charge is 0.269 e. The van der Waals surface area contributed by atoms with E-state index in [1.54, 1.807) is 0 Å². The predicted octanol–water partition coefficient (Wildman–Crippen LogP) is 19.8. The molecule has 1 aliphatic rings. The second kappa shape index (κ2) is 18.9. The van der Waals surface area contributed by atoms with Crippen molar-refractivity contribution in [2.45, 2.75) is 105 Å². The SMILES string of the molecule is [2H]c1c([2H])c([2H])c2c(c1[2H])-c1cccc(-c3cc(C(C)(C)C)cc(C(C)(C)C)c3)c1-[n+]1[c-]n(-c3cccc(Oc4ccc5c6ccccc6n(-c6cc(C(C)(C)C)ccn6)c5c4)c3)c3cc(-c4ccc(C(C)(C)C)cc4)cc(c31)-c1c([2H])c([2H])c([2H])c([2H])c1-2. The molecule has 9 aromatic carbocycles. The summed E-state index contributed by atoms with van der Waals surface area (Å²) in [6.45, 7) is 26.3. The molecule has 0 radical (unpaired) electrons. The number of imidazole rings is 1. The normalized spacial score (nSPS) is 14.1. The lowest BCUT2D eigenvalue weighted by Gasteiger charge is -2.27. The van der Waals surface area contributed by atoms with Crippen LogP contribution in [0.15, 0.2) is 206 Å². The molecule has 0 saturated heterocycles. The summed E-state index contributed by atoms with van der Waals surface area (Å²) in [4.78, 5) is 4.92. The maximum absolute atomic E-state index is 10.0. The number of aromatic nitrogens is 4. The van der Waals surface area contributed by atoms with Gasteiger partial charge in [0.1, 0.15) is 17.3 Å². The van der Waals surface area contributed by atoms with Crippen LogP contribution in [-0.2, 0) is 21.7 Å². The summed E-state index contributed by atoms with van der Waals surface area (Å²) >= 11 is 0. The van der Waals surface area contributed by atoms with Gasteiger partial charge in [-0.1, -0.05) is 222 Å². The molecular formula is C76H70N4O. The Morgan fingerprint density at radius 2 is 1.02 bits per heavy atom. The first-order valence-electron chi connectivity index (χ1n) is 31.9. The first-order valence-corrected chi connectivity index (χ1v) is 27.9. The van der Waals surface area contributed by atoms with Crippen molar-refractivity contribution < 1.29 is 20.3 Å². The molecule has 4 heterocycles. The van der Waals surface area contributed by atoms with Crippen LogP contribution in [0.25, 0.3) is 106 Å². The molecule has 5 heteroatoms. The maximum atomic E-state index is 10.0. The summed E-state index contributed by atoms with van der Waals surface area (Å²) in [7, 11) is 0. The van der Waals surface area contributed by atoms with Gasteiger partial charge in [-0.25, -0.2) is 4.98 Å². The van der Waals surface area contributed by atoms with Gasteiger partial charge in [-0.15, -0.1) is 0 Å². The van der Waals surface area contributed by atoms with Gasteiger partial charge in [0.25, 0.3) is 6.33 Å². The second-order valence-corrected chi connectivity index (χ2v) is 25.8. The third-order valence-corrected chi connectivity index (χ3v) is 16.0. The highest BCUT2D eigenvalue weighted by molar-refractivity contribution is 6.09. The number of ether oxygens (including phenoxy) is 1. The molecule has 12 aromatic rings. The van der Waals surface area contributed by atoms with E-state index in [1.165, 1.54) is 5.56 Å². The molecule has 0 aliphatic carbocycles. The Bertz CT molecular complexity index is 4920. The number of nitrogens with zero attached hydrogens (tertiary/aromatic N) is 4. The Labute approximate surface area is 489 Å². The molecule has 0 bridgehead atoms. The lowest BCUT2D eigenvalue weighted by Crippen LogP contribution is -2.32. The van der Waals surface area contributed by atoms with Crippen molar-refractivity contribution in [3.63, 3.8) is 0 Å². The minimum absolute atomic E-state index is 0.0277. The highest BCUT2D eigenvalue weighted by atomic mass is 16.5. The Morgan fingerprint density at radius 3 is 1.69 bits per heavy atom. The molecule has 1 aliphatic heterocycles. The van der Waals surface area contributed by atoms with Crippen molar-refractivity contribution in [3.8, 4) is 84.3 Å². The highest BCUT2D eigenvalue weighted by Crippen LogP contribution is 2.47. The average molecular weight is 1060 g/mol. The Kier molecular flexibility index (Phi) is 10.1. The Morgan fingerprint density at radius 1 is 0.432 bits per heavy atom. The minimum atomic E-state index is -0.528. The first-order chi connectivity index (χ1) is 42.0. The summed E-state index contributed by atoms with van der Waals surface area (Å²) in [6, 6.07) is 47.9. The monoisotopic (exact) mass is 1060 g/mol. The van der Waals surface area contributed by atoms with Crippen LogP contribution in [0.3, 0.4) is 0 Å². The van der Waals surface area contributed by atoms with Crippen LogP contribution in [0.4, 0.5) is 0 Å². The van der Waals surface area contributed by atoms with Gasteiger partial charge < -0.3 is 4.74 Å². The molecule has 0 amide bonds. The molecular weight excluding hydrogens is 985 g/mol. The van der Waals surface area contributed by atoms with E-state index in [1.807, 2.05) is 76.0 Å².